The molecule has 32 heavy (non-hydrogen) atoms. The first kappa shape index (κ1) is 21.2. The van der Waals surface area contributed by atoms with E-state index in [-0.39, 0.29) is 16.9 Å². The molecular formula is C24H18F2N2O4. The van der Waals surface area contributed by atoms with Crippen molar-refractivity contribution in [2.24, 2.45) is 0 Å². The highest BCUT2D eigenvalue weighted by Gasteiger charge is 2.36. The Bertz CT molecular complexity index is 1150. The van der Waals surface area contributed by atoms with Gasteiger partial charge >= 0.3 is 6.61 Å². The van der Waals surface area contributed by atoms with Gasteiger partial charge in [-0.25, -0.2) is 0 Å². The number of anilines is 1. The summed E-state index contributed by atoms with van der Waals surface area (Å²) in [4.78, 5) is 38.3. The lowest BCUT2D eigenvalue weighted by Gasteiger charge is -2.16. The van der Waals surface area contributed by atoms with Crippen molar-refractivity contribution in [2.75, 3.05) is 11.9 Å². The normalized spacial score (nSPS) is 12.8. The van der Waals surface area contributed by atoms with E-state index < -0.39 is 30.9 Å². The van der Waals surface area contributed by atoms with Gasteiger partial charge < -0.3 is 10.1 Å². The van der Waals surface area contributed by atoms with Gasteiger partial charge in [0, 0.05) is 17.7 Å². The molecule has 1 aliphatic heterocycles. The number of nitrogens with one attached hydrogen (secondary N) is 1. The van der Waals surface area contributed by atoms with E-state index in [9.17, 15) is 23.2 Å². The van der Waals surface area contributed by atoms with Crippen LogP contribution in [0.15, 0.2) is 72.8 Å². The first-order valence-corrected chi connectivity index (χ1v) is 9.79. The number of benzene rings is 3. The van der Waals surface area contributed by atoms with E-state index in [1.54, 1.807) is 12.1 Å². The molecule has 3 aromatic carbocycles. The highest BCUT2D eigenvalue weighted by atomic mass is 19.3. The maximum atomic E-state index is 12.8. The molecule has 0 aromatic heterocycles. The first-order valence-electron chi connectivity index (χ1n) is 9.79. The van der Waals surface area contributed by atoms with Crippen LogP contribution in [0.25, 0.3) is 0 Å². The van der Waals surface area contributed by atoms with Gasteiger partial charge in [-0.2, -0.15) is 8.78 Å². The maximum Gasteiger partial charge on any atom is 0.387 e. The lowest BCUT2D eigenvalue weighted by molar-refractivity contribution is -0.116. The number of carbonyl (C=O) groups excluding carboxylic acids is 3. The van der Waals surface area contributed by atoms with Crippen molar-refractivity contribution in [1.82, 2.24) is 4.90 Å². The summed E-state index contributed by atoms with van der Waals surface area (Å²) in [6, 6.07) is 19.9. The molecule has 0 radical (unpaired) electrons. The molecule has 4 rings (SSSR count). The Morgan fingerprint density at radius 1 is 0.906 bits per heavy atom. The predicted octanol–water partition coefficient (Wildman–Crippen LogP) is 4.11. The molecule has 0 aliphatic carbocycles. The molecule has 0 unspecified atom stereocenters. The summed E-state index contributed by atoms with van der Waals surface area (Å²) in [5.74, 6) is -1.66. The molecule has 6 nitrogen and oxygen atoms in total. The summed E-state index contributed by atoms with van der Waals surface area (Å²) >= 11 is 0. The third kappa shape index (κ3) is 4.49. The van der Waals surface area contributed by atoms with Crippen LogP contribution in [-0.4, -0.2) is 35.8 Å². The molecule has 3 aromatic rings. The van der Waals surface area contributed by atoms with E-state index in [0.29, 0.717) is 17.7 Å². The van der Waals surface area contributed by atoms with Gasteiger partial charge in [-0.3, -0.25) is 19.3 Å². The summed E-state index contributed by atoms with van der Waals surface area (Å²) in [6.07, 6.45) is 0.311. The number of carbonyl (C=O) groups is 3. The fraction of sp³-hybridized carbons (Fsp3) is 0.125. The molecule has 0 bridgehead atoms. The monoisotopic (exact) mass is 436 g/mol. The van der Waals surface area contributed by atoms with Crippen LogP contribution in [0.2, 0.25) is 0 Å². The third-order valence-corrected chi connectivity index (χ3v) is 4.98. The van der Waals surface area contributed by atoms with Gasteiger partial charge in [0.05, 0.1) is 11.1 Å². The number of rotatable bonds is 7. The van der Waals surface area contributed by atoms with Crippen molar-refractivity contribution < 1.29 is 27.9 Å². The van der Waals surface area contributed by atoms with E-state index in [1.807, 2.05) is 30.3 Å². The Morgan fingerprint density at radius 3 is 2.16 bits per heavy atom. The van der Waals surface area contributed by atoms with Crippen molar-refractivity contribution in [3.05, 3.63) is 95.1 Å². The molecule has 1 heterocycles. The van der Waals surface area contributed by atoms with Gasteiger partial charge in [-0.15, -0.1) is 0 Å². The Kier molecular flexibility index (Phi) is 5.93. The van der Waals surface area contributed by atoms with Crippen LogP contribution >= 0.6 is 0 Å². The van der Waals surface area contributed by atoms with Crippen molar-refractivity contribution in [3.63, 3.8) is 0 Å². The molecule has 0 saturated heterocycles. The number of halogens is 2. The van der Waals surface area contributed by atoms with E-state index in [4.69, 9.17) is 0 Å². The van der Waals surface area contributed by atoms with E-state index in [2.05, 4.69) is 10.1 Å². The van der Waals surface area contributed by atoms with Crippen molar-refractivity contribution >= 4 is 23.4 Å². The number of imide groups is 1. The van der Waals surface area contributed by atoms with Crippen LogP contribution in [0.5, 0.6) is 5.75 Å². The Hall–Kier alpha value is -4.07. The SMILES string of the molecule is O=C(CN1C(=O)c2ccccc2C1=O)Nc1ccc(OC(F)F)c(Cc2ccccc2)c1. The van der Waals surface area contributed by atoms with Crippen LogP contribution in [0.3, 0.4) is 0 Å². The molecule has 0 saturated carbocycles. The van der Waals surface area contributed by atoms with Gasteiger partial charge in [0.15, 0.2) is 0 Å². The fourth-order valence-electron chi connectivity index (χ4n) is 3.55. The minimum Gasteiger partial charge on any atom is -0.435 e. The highest BCUT2D eigenvalue weighted by Crippen LogP contribution is 2.27. The molecule has 8 heteroatoms. The Morgan fingerprint density at radius 2 is 1.53 bits per heavy atom. The smallest absolute Gasteiger partial charge is 0.387 e. The highest BCUT2D eigenvalue weighted by molar-refractivity contribution is 6.22. The van der Waals surface area contributed by atoms with E-state index in [0.717, 1.165) is 10.5 Å². The number of nitrogens with zero attached hydrogens (tertiary/aromatic N) is 1. The zero-order valence-corrected chi connectivity index (χ0v) is 16.8. The molecule has 1 aliphatic rings. The van der Waals surface area contributed by atoms with Crippen LogP contribution in [0, 0.1) is 0 Å². The number of alkyl halides is 2. The third-order valence-electron chi connectivity index (χ3n) is 4.98. The van der Waals surface area contributed by atoms with Crippen molar-refractivity contribution in [2.45, 2.75) is 13.0 Å². The molecule has 1 N–H and O–H groups in total. The second-order valence-electron chi connectivity index (χ2n) is 7.15. The largest absolute Gasteiger partial charge is 0.435 e. The summed E-state index contributed by atoms with van der Waals surface area (Å²) in [5.41, 5.74) is 2.17. The van der Waals surface area contributed by atoms with Crippen LogP contribution < -0.4 is 10.1 Å². The van der Waals surface area contributed by atoms with Crippen LogP contribution in [0.4, 0.5) is 14.5 Å². The van der Waals surface area contributed by atoms with Gasteiger partial charge in [0.1, 0.15) is 12.3 Å². The average molecular weight is 436 g/mol. The molecule has 162 valence electrons. The lowest BCUT2D eigenvalue weighted by atomic mass is 10.0. The molecular weight excluding hydrogens is 418 g/mol. The second-order valence-corrected chi connectivity index (χ2v) is 7.15. The van der Waals surface area contributed by atoms with E-state index in [1.165, 1.54) is 30.3 Å². The number of hydrogen-bond acceptors (Lipinski definition) is 4. The minimum atomic E-state index is -2.99. The standard InChI is InChI=1S/C24H18F2N2O4/c25-24(26)32-20-11-10-17(13-16(20)12-15-6-2-1-3-7-15)27-21(29)14-28-22(30)18-8-4-5-9-19(18)23(28)31/h1-11,13,24H,12,14H2,(H,27,29). The quantitative estimate of drug-likeness (QED) is 0.566. The van der Waals surface area contributed by atoms with Crippen LogP contribution in [-0.2, 0) is 11.2 Å². The fourth-order valence-corrected chi connectivity index (χ4v) is 3.55. The summed E-state index contributed by atoms with van der Waals surface area (Å²) < 4.78 is 30.2. The van der Waals surface area contributed by atoms with Gasteiger partial charge in [-0.1, -0.05) is 42.5 Å². The summed E-state index contributed by atoms with van der Waals surface area (Å²) in [6.45, 7) is -3.45. The molecule has 0 spiro atoms. The molecule has 3 amide bonds. The summed E-state index contributed by atoms with van der Waals surface area (Å²) in [5, 5.41) is 2.62. The zero-order valence-electron chi connectivity index (χ0n) is 16.8. The van der Waals surface area contributed by atoms with Gasteiger partial charge in [-0.05, 0) is 35.9 Å². The average Bonchev–Trinajstić information content (AvgIpc) is 3.01. The maximum absolute atomic E-state index is 12.8. The van der Waals surface area contributed by atoms with Gasteiger partial charge in [0.2, 0.25) is 5.91 Å². The zero-order chi connectivity index (χ0) is 22.7. The van der Waals surface area contributed by atoms with Crippen LogP contribution in [0.1, 0.15) is 31.8 Å². The lowest BCUT2D eigenvalue weighted by Crippen LogP contribution is -2.37. The Balaban J connectivity index is 1.50. The number of hydrogen-bond donors (Lipinski definition) is 1. The van der Waals surface area contributed by atoms with E-state index >= 15 is 0 Å². The number of amides is 3. The predicted molar refractivity (Wildman–Crippen MR) is 113 cm³/mol. The minimum absolute atomic E-state index is 0.00204. The van der Waals surface area contributed by atoms with Crippen molar-refractivity contribution in [1.29, 1.82) is 0 Å². The van der Waals surface area contributed by atoms with Gasteiger partial charge in [0.25, 0.3) is 11.8 Å². The Labute approximate surface area is 182 Å². The summed E-state index contributed by atoms with van der Waals surface area (Å²) in [7, 11) is 0. The van der Waals surface area contributed by atoms with Crippen molar-refractivity contribution in [3.8, 4) is 5.75 Å². The second kappa shape index (κ2) is 8.97. The number of fused-ring (bicyclic) bond motifs is 1. The topological polar surface area (TPSA) is 75.7 Å². The molecule has 0 fully saturated rings. The first-order chi connectivity index (χ1) is 15.4. The molecule has 0 atom stereocenters. The number of ether oxygens (including phenoxy) is 1.